The van der Waals surface area contributed by atoms with Crippen molar-refractivity contribution in [3.63, 3.8) is 0 Å². The number of amides is 1. The van der Waals surface area contributed by atoms with Crippen molar-refractivity contribution in [1.82, 2.24) is 9.55 Å². The lowest BCUT2D eigenvalue weighted by atomic mass is 10.3. The average molecular weight is 260 g/mol. The van der Waals surface area contributed by atoms with Gasteiger partial charge in [0.05, 0.1) is 17.6 Å². The van der Waals surface area contributed by atoms with Crippen molar-refractivity contribution in [2.75, 3.05) is 12.3 Å². The number of nitrogens with two attached hydrogens (primary N) is 2. The Kier molecular flexibility index (Phi) is 2.77. The van der Waals surface area contributed by atoms with E-state index in [-0.39, 0.29) is 6.61 Å². The summed E-state index contributed by atoms with van der Waals surface area (Å²) in [5.74, 6) is 1.57. The van der Waals surface area contributed by atoms with Crippen LogP contribution in [0.5, 0.6) is 0 Å². The Labute approximate surface area is 110 Å². The highest BCUT2D eigenvalue weighted by atomic mass is 16.5. The fraction of sp³-hybridized carbons (Fsp3) is 0.385. The van der Waals surface area contributed by atoms with Crippen LogP contribution in [0.15, 0.2) is 18.2 Å². The van der Waals surface area contributed by atoms with E-state index in [9.17, 15) is 4.79 Å². The fourth-order valence-electron chi connectivity index (χ4n) is 2.29. The molecule has 6 nitrogen and oxygen atoms in total. The minimum Gasteiger partial charge on any atom is -0.448 e. The second-order valence-corrected chi connectivity index (χ2v) is 4.81. The Bertz CT molecular complexity index is 631. The molecule has 0 unspecified atom stereocenters. The predicted molar refractivity (Wildman–Crippen MR) is 71.7 cm³/mol. The summed E-state index contributed by atoms with van der Waals surface area (Å²) in [6.07, 6.45) is 1.58. The quantitative estimate of drug-likeness (QED) is 0.816. The molecule has 4 N–H and O–H groups in total. The Morgan fingerprint density at radius 2 is 2.26 bits per heavy atom. The number of aromatic nitrogens is 2. The number of rotatable bonds is 4. The molecule has 1 heterocycles. The summed E-state index contributed by atoms with van der Waals surface area (Å²) in [5, 5.41) is 0. The first-order valence-corrected chi connectivity index (χ1v) is 6.33. The second kappa shape index (κ2) is 4.46. The average Bonchev–Trinajstić information content (AvgIpc) is 3.13. The van der Waals surface area contributed by atoms with Crippen molar-refractivity contribution < 1.29 is 9.53 Å². The Balaban J connectivity index is 1.94. The number of fused-ring (bicyclic) bond motifs is 1. The molecule has 6 heteroatoms. The number of carbonyl (C=O) groups excluding carboxylic acids is 1. The molecule has 0 saturated heterocycles. The van der Waals surface area contributed by atoms with Crippen LogP contribution in [0.1, 0.15) is 24.6 Å². The van der Waals surface area contributed by atoms with Crippen LogP contribution in [0, 0.1) is 0 Å². The summed E-state index contributed by atoms with van der Waals surface area (Å²) in [4.78, 5) is 15.3. The Morgan fingerprint density at radius 1 is 1.47 bits per heavy atom. The zero-order chi connectivity index (χ0) is 13.4. The first kappa shape index (κ1) is 11.8. The zero-order valence-corrected chi connectivity index (χ0v) is 10.5. The number of hydrogen-bond acceptors (Lipinski definition) is 4. The van der Waals surface area contributed by atoms with E-state index in [0.29, 0.717) is 18.2 Å². The van der Waals surface area contributed by atoms with Gasteiger partial charge in [-0.3, -0.25) is 0 Å². The van der Waals surface area contributed by atoms with Crippen molar-refractivity contribution in [3.05, 3.63) is 24.0 Å². The van der Waals surface area contributed by atoms with Crippen molar-refractivity contribution in [2.45, 2.75) is 25.3 Å². The lowest BCUT2D eigenvalue weighted by Crippen LogP contribution is -2.17. The molecular formula is C13H16N4O2. The first-order chi connectivity index (χ1) is 9.15. The van der Waals surface area contributed by atoms with Gasteiger partial charge in [0.2, 0.25) is 0 Å². The molecule has 0 bridgehead atoms. The number of nitrogens with zero attached hydrogens (tertiary/aromatic N) is 2. The standard InChI is InChI=1S/C13H16N4O2/c14-9-3-4-11-10(7-9)16-12(8-1-2-8)17(11)5-6-19-13(15)18/h3-4,7-8H,1-2,5-6,14H2,(H2,15,18). The van der Waals surface area contributed by atoms with E-state index in [4.69, 9.17) is 16.2 Å². The smallest absolute Gasteiger partial charge is 0.404 e. The van der Waals surface area contributed by atoms with Gasteiger partial charge in [0, 0.05) is 11.6 Å². The second-order valence-electron chi connectivity index (χ2n) is 4.81. The van der Waals surface area contributed by atoms with Crippen molar-refractivity contribution in [2.24, 2.45) is 5.73 Å². The summed E-state index contributed by atoms with van der Waals surface area (Å²) >= 11 is 0. The van der Waals surface area contributed by atoms with Crippen LogP contribution < -0.4 is 11.5 Å². The molecule has 1 aliphatic rings. The number of imidazole rings is 1. The van der Waals surface area contributed by atoms with Crippen LogP contribution >= 0.6 is 0 Å². The molecule has 1 amide bonds. The van der Waals surface area contributed by atoms with Gasteiger partial charge in [0.1, 0.15) is 12.4 Å². The van der Waals surface area contributed by atoms with E-state index in [1.54, 1.807) is 0 Å². The first-order valence-electron chi connectivity index (χ1n) is 6.33. The maximum absolute atomic E-state index is 10.6. The van der Waals surface area contributed by atoms with Crippen molar-refractivity contribution in [3.8, 4) is 0 Å². The van der Waals surface area contributed by atoms with Gasteiger partial charge in [-0.05, 0) is 31.0 Å². The highest BCUT2D eigenvalue weighted by Crippen LogP contribution is 2.40. The molecule has 2 aromatic rings. The highest BCUT2D eigenvalue weighted by Gasteiger charge is 2.29. The van der Waals surface area contributed by atoms with Crippen molar-refractivity contribution in [1.29, 1.82) is 0 Å². The molecule has 1 fully saturated rings. The van der Waals surface area contributed by atoms with Gasteiger partial charge in [0.15, 0.2) is 0 Å². The molecule has 0 aliphatic heterocycles. The Morgan fingerprint density at radius 3 is 2.95 bits per heavy atom. The number of primary amides is 1. The van der Waals surface area contributed by atoms with E-state index in [1.165, 1.54) is 0 Å². The summed E-state index contributed by atoms with van der Waals surface area (Å²) < 4.78 is 6.90. The molecule has 0 spiro atoms. The molecule has 1 aromatic heterocycles. The third kappa shape index (κ3) is 2.33. The topological polar surface area (TPSA) is 96.2 Å². The summed E-state index contributed by atoms with van der Waals surface area (Å²) in [7, 11) is 0. The molecule has 1 aromatic carbocycles. The van der Waals surface area contributed by atoms with Gasteiger partial charge in [-0.25, -0.2) is 9.78 Å². The number of anilines is 1. The monoisotopic (exact) mass is 260 g/mol. The molecule has 0 atom stereocenters. The van der Waals surface area contributed by atoms with Crippen LogP contribution in [0.4, 0.5) is 10.5 Å². The molecule has 1 aliphatic carbocycles. The molecule has 100 valence electrons. The maximum Gasteiger partial charge on any atom is 0.404 e. The molecule has 3 rings (SSSR count). The summed E-state index contributed by atoms with van der Waals surface area (Å²) in [5.41, 5.74) is 13.4. The third-order valence-corrected chi connectivity index (χ3v) is 3.30. The van der Waals surface area contributed by atoms with Gasteiger partial charge in [-0.2, -0.15) is 0 Å². The normalized spacial score (nSPS) is 14.7. The van der Waals surface area contributed by atoms with Gasteiger partial charge in [-0.15, -0.1) is 0 Å². The minimum atomic E-state index is -0.748. The van der Waals surface area contributed by atoms with E-state index in [2.05, 4.69) is 9.55 Å². The minimum absolute atomic E-state index is 0.255. The summed E-state index contributed by atoms with van der Waals surface area (Å²) in [6, 6.07) is 5.67. The SMILES string of the molecule is NC(=O)OCCn1c(C2CC2)nc2cc(N)ccc21. The van der Waals surface area contributed by atoms with Gasteiger partial charge in [-0.1, -0.05) is 0 Å². The highest BCUT2D eigenvalue weighted by molar-refractivity contribution is 5.80. The van der Waals surface area contributed by atoms with Crippen LogP contribution in [-0.2, 0) is 11.3 Å². The number of nitrogen functional groups attached to an aromatic ring is 1. The molecule has 1 saturated carbocycles. The van der Waals surface area contributed by atoms with Gasteiger partial charge in [0.25, 0.3) is 0 Å². The van der Waals surface area contributed by atoms with Crippen molar-refractivity contribution >= 4 is 22.8 Å². The lowest BCUT2D eigenvalue weighted by molar-refractivity contribution is 0.152. The van der Waals surface area contributed by atoms with Crippen LogP contribution in [0.3, 0.4) is 0 Å². The molecule has 0 radical (unpaired) electrons. The zero-order valence-electron chi connectivity index (χ0n) is 10.5. The third-order valence-electron chi connectivity index (χ3n) is 3.30. The van der Waals surface area contributed by atoms with Crippen LogP contribution in [-0.4, -0.2) is 22.3 Å². The lowest BCUT2D eigenvalue weighted by Gasteiger charge is -2.08. The Hall–Kier alpha value is -2.24. The maximum atomic E-state index is 10.6. The number of benzene rings is 1. The molecular weight excluding hydrogens is 244 g/mol. The number of hydrogen-bond donors (Lipinski definition) is 2. The van der Waals surface area contributed by atoms with Crippen LogP contribution in [0.25, 0.3) is 11.0 Å². The molecule has 19 heavy (non-hydrogen) atoms. The van der Waals surface area contributed by atoms with E-state index in [1.807, 2.05) is 18.2 Å². The largest absolute Gasteiger partial charge is 0.448 e. The van der Waals surface area contributed by atoms with Crippen LogP contribution in [0.2, 0.25) is 0 Å². The van der Waals surface area contributed by atoms with E-state index >= 15 is 0 Å². The number of carbonyl (C=O) groups is 1. The number of ether oxygens (including phenoxy) is 1. The fourth-order valence-corrected chi connectivity index (χ4v) is 2.29. The van der Waals surface area contributed by atoms with Gasteiger partial charge >= 0.3 is 6.09 Å². The van der Waals surface area contributed by atoms with E-state index < -0.39 is 6.09 Å². The van der Waals surface area contributed by atoms with Gasteiger partial charge < -0.3 is 20.8 Å². The predicted octanol–water partition coefficient (Wildman–Crippen LogP) is 1.59. The summed E-state index contributed by atoms with van der Waals surface area (Å²) in [6.45, 7) is 0.820. The van der Waals surface area contributed by atoms with E-state index in [0.717, 1.165) is 29.7 Å².